The Labute approximate surface area is 165 Å². The summed E-state index contributed by atoms with van der Waals surface area (Å²) in [5.74, 6) is 1.39. The second kappa shape index (κ2) is 10.4. The summed E-state index contributed by atoms with van der Waals surface area (Å²) in [7, 11) is 0. The Morgan fingerprint density at radius 2 is 1.67 bits per heavy atom. The van der Waals surface area contributed by atoms with Crippen LogP contribution in [0.15, 0.2) is 72.8 Å². The first-order valence-electron chi connectivity index (χ1n) is 8.66. The average molecular weight is 387 g/mol. The third-order valence-electron chi connectivity index (χ3n) is 3.90. The Morgan fingerprint density at radius 1 is 0.889 bits per heavy atom. The van der Waals surface area contributed by atoms with Gasteiger partial charge < -0.3 is 27.2 Å². The third kappa shape index (κ3) is 6.19. The minimum Gasteiger partial charge on any atom is -1.00 e. The number of ether oxygens (including phenoxy) is 2. The molecule has 0 saturated carbocycles. The number of nitrogens with one attached hydrogen (secondary N) is 1. The van der Waals surface area contributed by atoms with Crippen LogP contribution in [0.25, 0.3) is 0 Å². The van der Waals surface area contributed by atoms with E-state index in [0.29, 0.717) is 19.8 Å². The quantitative estimate of drug-likeness (QED) is 0.645. The van der Waals surface area contributed by atoms with E-state index in [1.54, 1.807) is 6.07 Å². The molecule has 3 aromatic carbocycles. The lowest BCUT2D eigenvalue weighted by molar-refractivity contribution is -0.00000672. The second-order valence-electron chi connectivity index (χ2n) is 5.84. The summed E-state index contributed by atoms with van der Waals surface area (Å²) < 4.78 is 24.6. The van der Waals surface area contributed by atoms with Gasteiger partial charge in [0.05, 0.1) is 6.61 Å². The molecule has 1 N–H and O–H groups in total. The number of anilines is 1. The number of para-hydroxylation sites is 1. The first-order chi connectivity index (χ1) is 12.7. The molecular weight excluding hydrogens is 365 g/mol. The molecule has 27 heavy (non-hydrogen) atoms. The fourth-order valence-corrected chi connectivity index (χ4v) is 2.61. The molecule has 0 heterocycles. The van der Waals surface area contributed by atoms with Gasteiger partial charge in [-0.1, -0.05) is 30.3 Å². The lowest BCUT2D eigenvalue weighted by atomic mass is 10.2. The van der Waals surface area contributed by atoms with Gasteiger partial charge in [0.2, 0.25) is 0 Å². The molecule has 5 heteroatoms. The van der Waals surface area contributed by atoms with E-state index in [9.17, 15) is 4.39 Å². The topological polar surface area (TPSA) is 30.5 Å². The summed E-state index contributed by atoms with van der Waals surface area (Å²) in [5.41, 5.74) is 2.85. The first kappa shape index (κ1) is 20.6. The standard InChI is InChI=1S/C22H22FNO2.ClH/c1-2-25-21-12-10-20(11-13-21)24-15-18-7-3-4-9-22(18)26-16-17-6-5-8-19(23)14-17;/h3-14,24H,2,15-16H2,1H3;1H/p-1. The normalized spacial score (nSPS) is 10.0. The van der Waals surface area contributed by atoms with E-state index >= 15 is 0 Å². The maximum absolute atomic E-state index is 13.3. The lowest BCUT2D eigenvalue weighted by Gasteiger charge is -2.13. The van der Waals surface area contributed by atoms with E-state index in [0.717, 1.165) is 28.3 Å². The van der Waals surface area contributed by atoms with Crippen LogP contribution in [-0.2, 0) is 13.2 Å². The van der Waals surface area contributed by atoms with E-state index in [2.05, 4.69) is 5.32 Å². The average Bonchev–Trinajstić information content (AvgIpc) is 2.67. The van der Waals surface area contributed by atoms with Crippen LogP contribution in [0.1, 0.15) is 18.1 Å². The van der Waals surface area contributed by atoms with Gasteiger partial charge in [0, 0.05) is 17.8 Å². The smallest absolute Gasteiger partial charge is 0.124 e. The van der Waals surface area contributed by atoms with E-state index < -0.39 is 0 Å². The number of hydrogen-bond acceptors (Lipinski definition) is 3. The van der Waals surface area contributed by atoms with Gasteiger partial charge in [-0.3, -0.25) is 0 Å². The maximum atomic E-state index is 13.3. The molecule has 0 amide bonds. The molecule has 3 rings (SSSR count). The van der Waals surface area contributed by atoms with Crippen molar-refractivity contribution in [2.75, 3.05) is 11.9 Å². The van der Waals surface area contributed by atoms with E-state index in [1.807, 2.05) is 61.5 Å². The fraction of sp³-hybridized carbons (Fsp3) is 0.182. The molecule has 0 fully saturated rings. The summed E-state index contributed by atoms with van der Waals surface area (Å²) in [6.45, 7) is 3.58. The molecule has 0 spiro atoms. The number of benzene rings is 3. The molecule has 0 radical (unpaired) electrons. The summed E-state index contributed by atoms with van der Waals surface area (Å²) in [5, 5.41) is 3.38. The van der Waals surface area contributed by atoms with E-state index in [1.165, 1.54) is 12.1 Å². The van der Waals surface area contributed by atoms with Crippen LogP contribution in [0, 0.1) is 5.82 Å². The van der Waals surface area contributed by atoms with Crippen LogP contribution in [0.5, 0.6) is 11.5 Å². The highest BCUT2D eigenvalue weighted by Gasteiger charge is 2.04. The highest BCUT2D eigenvalue weighted by atomic mass is 35.5. The molecule has 0 aromatic heterocycles. The zero-order valence-corrected chi connectivity index (χ0v) is 15.9. The predicted molar refractivity (Wildman–Crippen MR) is 102 cm³/mol. The van der Waals surface area contributed by atoms with Crippen LogP contribution < -0.4 is 27.2 Å². The summed E-state index contributed by atoms with van der Waals surface area (Å²) >= 11 is 0. The fourth-order valence-electron chi connectivity index (χ4n) is 2.61. The van der Waals surface area contributed by atoms with Gasteiger partial charge in [-0.2, -0.15) is 0 Å². The predicted octanol–water partition coefficient (Wildman–Crippen LogP) is 2.42. The second-order valence-corrected chi connectivity index (χ2v) is 5.84. The summed E-state index contributed by atoms with van der Waals surface area (Å²) in [6, 6.07) is 22.2. The third-order valence-corrected chi connectivity index (χ3v) is 3.90. The molecule has 3 aromatic rings. The summed E-state index contributed by atoms with van der Waals surface area (Å²) in [6.07, 6.45) is 0. The van der Waals surface area contributed by atoms with Crippen LogP contribution in [-0.4, -0.2) is 6.61 Å². The molecule has 3 nitrogen and oxygen atoms in total. The van der Waals surface area contributed by atoms with E-state index in [-0.39, 0.29) is 18.2 Å². The molecule has 0 aliphatic carbocycles. The molecule has 142 valence electrons. The van der Waals surface area contributed by atoms with Crippen molar-refractivity contribution in [1.82, 2.24) is 0 Å². The Balaban J connectivity index is 0.00000261. The van der Waals surface area contributed by atoms with Gasteiger partial charge in [0.1, 0.15) is 23.9 Å². The van der Waals surface area contributed by atoms with Gasteiger partial charge >= 0.3 is 0 Å². The van der Waals surface area contributed by atoms with Crippen molar-refractivity contribution in [3.05, 3.63) is 89.7 Å². The monoisotopic (exact) mass is 386 g/mol. The van der Waals surface area contributed by atoms with Gasteiger partial charge in [0.15, 0.2) is 0 Å². The van der Waals surface area contributed by atoms with Crippen molar-refractivity contribution in [1.29, 1.82) is 0 Å². The van der Waals surface area contributed by atoms with Gasteiger partial charge in [-0.05, 0) is 55.0 Å². The van der Waals surface area contributed by atoms with Gasteiger partial charge in [-0.15, -0.1) is 0 Å². The largest absolute Gasteiger partial charge is 1.00 e. The Hall–Kier alpha value is -2.72. The molecule has 0 unspecified atom stereocenters. The van der Waals surface area contributed by atoms with Crippen molar-refractivity contribution >= 4 is 5.69 Å². The van der Waals surface area contributed by atoms with Crippen molar-refractivity contribution < 1.29 is 26.3 Å². The van der Waals surface area contributed by atoms with Crippen molar-refractivity contribution in [2.45, 2.75) is 20.1 Å². The van der Waals surface area contributed by atoms with Crippen LogP contribution in [0.3, 0.4) is 0 Å². The van der Waals surface area contributed by atoms with Crippen molar-refractivity contribution in [3.8, 4) is 11.5 Å². The van der Waals surface area contributed by atoms with Crippen LogP contribution in [0.4, 0.5) is 10.1 Å². The highest BCUT2D eigenvalue weighted by molar-refractivity contribution is 5.48. The van der Waals surface area contributed by atoms with Crippen LogP contribution in [0.2, 0.25) is 0 Å². The number of halogens is 2. The van der Waals surface area contributed by atoms with Crippen molar-refractivity contribution in [3.63, 3.8) is 0 Å². The zero-order valence-electron chi connectivity index (χ0n) is 15.1. The SMILES string of the molecule is CCOc1ccc(NCc2ccccc2OCc2cccc(F)c2)cc1.[Cl-]. The zero-order chi connectivity index (χ0) is 18.2. The molecular formula is C22H22ClFNO2-. The number of rotatable bonds is 8. The molecule has 0 atom stereocenters. The molecule has 0 saturated heterocycles. The van der Waals surface area contributed by atoms with Crippen molar-refractivity contribution in [2.24, 2.45) is 0 Å². The Morgan fingerprint density at radius 3 is 2.41 bits per heavy atom. The first-order valence-corrected chi connectivity index (χ1v) is 8.66. The highest BCUT2D eigenvalue weighted by Crippen LogP contribution is 2.22. The van der Waals surface area contributed by atoms with Gasteiger partial charge in [0.25, 0.3) is 0 Å². The minimum absolute atomic E-state index is 0. The lowest BCUT2D eigenvalue weighted by Crippen LogP contribution is -3.00. The van der Waals surface area contributed by atoms with Gasteiger partial charge in [-0.25, -0.2) is 4.39 Å². The Kier molecular flexibility index (Phi) is 7.96. The van der Waals surface area contributed by atoms with E-state index in [4.69, 9.17) is 9.47 Å². The Bertz CT molecular complexity index is 840. The molecule has 0 aliphatic rings. The number of hydrogen-bond donors (Lipinski definition) is 1. The van der Waals surface area contributed by atoms with Crippen LogP contribution >= 0.6 is 0 Å². The summed E-state index contributed by atoms with van der Waals surface area (Å²) in [4.78, 5) is 0. The minimum atomic E-state index is -0.253. The molecule has 0 aliphatic heterocycles. The molecule has 0 bridgehead atoms. The maximum Gasteiger partial charge on any atom is 0.124 e.